The third-order valence-electron chi connectivity index (χ3n) is 4.38. The molecule has 0 saturated heterocycles. The van der Waals surface area contributed by atoms with Gasteiger partial charge in [-0.1, -0.05) is 60.6 Å². The molecule has 1 aromatic carbocycles. The fraction of sp³-hybridized carbons (Fsp3) is 0.667. The van der Waals surface area contributed by atoms with Gasteiger partial charge in [-0.05, 0) is 47.3 Å². The second kappa shape index (κ2) is 7.58. The molecule has 0 fully saturated rings. The summed E-state index contributed by atoms with van der Waals surface area (Å²) in [4.78, 5) is 12.1. The maximum Gasteiger partial charge on any atom is 0.309 e. The highest BCUT2D eigenvalue weighted by Crippen LogP contribution is 2.40. The normalized spacial score (nSPS) is 13.7. The van der Waals surface area contributed by atoms with Crippen LogP contribution in [0.5, 0.6) is 5.75 Å². The monoisotopic (exact) mass is 334 g/mol. The number of aromatic hydroxyl groups is 1. The van der Waals surface area contributed by atoms with Crippen LogP contribution < -0.4 is 0 Å². The van der Waals surface area contributed by atoms with Gasteiger partial charge in [0.2, 0.25) is 0 Å². The molecule has 1 N–H and O–H groups in total. The first-order chi connectivity index (χ1) is 10.9. The molecule has 3 heteroatoms. The average Bonchev–Trinajstić information content (AvgIpc) is 2.43. The number of phenolic OH excluding ortho intramolecular Hbond substituents is 1. The summed E-state index contributed by atoms with van der Waals surface area (Å²) in [7, 11) is 0. The molecule has 0 aliphatic carbocycles. The van der Waals surface area contributed by atoms with Crippen LogP contribution >= 0.6 is 0 Å². The van der Waals surface area contributed by atoms with Crippen LogP contribution in [0.1, 0.15) is 78.5 Å². The van der Waals surface area contributed by atoms with Gasteiger partial charge in [0.05, 0.1) is 12.5 Å². The molecule has 136 valence electrons. The molecular formula is C21H34O3. The van der Waals surface area contributed by atoms with Crippen LogP contribution in [0.4, 0.5) is 0 Å². The van der Waals surface area contributed by atoms with Gasteiger partial charge in [0.15, 0.2) is 0 Å². The smallest absolute Gasteiger partial charge is 0.309 e. The van der Waals surface area contributed by atoms with Crippen LogP contribution in [-0.2, 0) is 26.8 Å². The van der Waals surface area contributed by atoms with E-state index in [1.165, 1.54) is 0 Å². The zero-order valence-corrected chi connectivity index (χ0v) is 16.6. The second-order valence-electron chi connectivity index (χ2n) is 8.60. The topological polar surface area (TPSA) is 46.5 Å². The van der Waals surface area contributed by atoms with Crippen molar-refractivity contribution in [1.29, 1.82) is 0 Å². The lowest BCUT2D eigenvalue weighted by molar-refractivity contribution is -0.148. The predicted octanol–water partition coefficient (Wildman–Crippen LogP) is 5.12. The predicted molar refractivity (Wildman–Crippen MR) is 99.6 cm³/mol. The van der Waals surface area contributed by atoms with Crippen molar-refractivity contribution in [3.63, 3.8) is 0 Å². The number of carbonyl (C=O) groups is 1. The zero-order valence-electron chi connectivity index (χ0n) is 16.6. The first-order valence-corrected chi connectivity index (χ1v) is 8.95. The minimum absolute atomic E-state index is 0.136. The summed E-state index contributed by atoms with van der Waals surface area (Å²) < 4.78 is 5.20. The van der Waals surface area contributed by atoms with Gasteiger partial charge in [0.25, 0.3) is 0 Å². The summed E-state index contributed by atoms with van der Waals surface area (Å²) in [6.07, 6.45) is 1.39. The first kappa shape index (κ1) is 20.5. The highest BCUT2D eigenvalue weighted by atomic mass is 16.5. The Hall–Kier alpha value is -1.51. The third-order valence-corrected chi connectivity index (χ3v) is 4.38. The van der Waals surface area contributed by atoms with Crippen LogP contribution in [0.25, 0.3) is 0 Å². The molecule has 3 nitrogen and oxygen atoms in total. The fourth-order valence-electron chi connectivity index (χ4n) is 2.89. The minimum atomic E-state index is -0.161. The average molecular weight is 335 g/mol. The van der Waals surface area contributed by atoms with E-state index in [4.69, 9.17) is 4.74 Å². The Balaban J connectivity index is 3.36. The minimum Gasteiger partial charge on any atom is -0.507 e. The highest BCUT2D eigenvalue weighted by molar-refractivity contribution is 5.72. The summed E-state index contributed by atoms with van der Waals surface area (Å²) in [5, 5.41) is 10.8. The molecule has 0 saturated carbocycles. The Morgan fingerprint density at radius 2 is 1.50 bits per heavy atom. The van der Waals surface area contributed by atoms with Gasteiger partial charge in [-0.3, -0.25) is 4.79 Å². The summed E-state index contributed by atoms with van der Waals surface area (Å²) >= 11 is 0. The van der Waals surface area contributed by atoms with E-state index in [2.05, 4.69) is 41.5 Å². The largest absolute Gasteiger partial charge is 0.507 e. The number of hydrogen-bond acceptors (Lipinski definition) is 3. The zero-order chi connectivity index (χ0) is 18.7. The van der Waals surface area contributed by atoms with Gasteiger partial charge >= 0.3 is 5.97 Å². The van der Waals surface area contributed by atoms with Crippen LogP contribution in [0.2, 0.25) is 0 Å². The van der Waals surface area contributed by atoms with Crippen LogP contribution in [0.3, 0.4) is 0 Å². The summed E-state index contributed by atoms with van der Waals surface area (Å²) in [5.41, 5.74) is 2.63. The molecule has 0 aromatic heterocycles. The number of hydrogen-bond donors (Lipinski definition) is 1. The number of ether oxygens (including phenoxy) is 1. The van der Waals surface area contributed by atoms with Gasteiger partial charge in [-0.2, -0.15) is 0 Å². The van der Waals surface area contributed by atoms with Crippen LogP contribution in [-0.4, -0.2) is 17.7 Å². The Morgan fingerprint density at radius 3 is 1.83 bits per heavy atom. The summed E-state index contributed by atoms with van der Waals surface area (Å²) in [6, 6.07) is 4.10. The van der Waals surface area contributed by atoms with E-state index in [9.17, 15) is 9.90 Å². The van der Waals surface area contributed by atoms with Gasteiger partial charge in [-0.25, -0.2) is 0 Å². The maximum absolute atomic E-state index is 12.1. The van der Waals surface area contributed by atoms with E-state index >= 15 is 0 Å². The lowest BCUT2D eigenvalue weighted by Gasteiger charge is -2.28. The quantitative estimate of drug-likeness (QED) is 0.760. The van der Waals surface area contributed by atoms with Crippen molar-refractivity contribution in [2.24, 2.45) is 5.92 Å². The molecule has 0 amide bonds. The molecule has 1 aromatic rings. The highest BCUT2D eigenvalue weighted by Gasteiger charge is 2.28. The Kier molecular flexibility index (Phi) is 6.49. The molecular weight excluding hydrogens is 300 g/mol. The molecule has 0 radical (unpaired) electrons. The van der Waals surface area contributed by atoms with Gasteiger partial charge in [0.1, 0.15) is 5.75 Å². The molecule has 1 unspecified atom stereocenters. The second-order valence-corrected chi connectivity index (χ2v) is 8.60. The maximum atomic E-state index is 12.1. The molecule has 1 rings (SSSR count). The van der Waals surface area contributed by atoms with E-state index in [0.29, 0.717) is 18.8 Å². The molecule has 24 heavy (non-hydrogen) atoms. The lowest BCUT2D eigenvalue weighted by atomic mass is 9.77. The molecule has 0 heterocycles. The van der Waals surface area contributed by atoms with Gasteiger partial charge < -0.3 is 9.84 Å². The molecule has 0 spiro atoms. The number of benzene rings is 1. The Labute approximate surface area is 147 Å². The number of esters is 1. The molecule has 0 aliphatic heterocycles. The van der Waals surface area contributed by atoms with Crippen molar-refractivity contribution in [2.75, 3.05) is 6.61 Å². The van der Waals surface area contributed by atoms with Crippen molar-refractivity contribution in [3.8, 4) is 5.75 Å². The van der Waals surface area contributed by atoms with Crippen molar-refractivity contribution < 1.29 is 14.6 Å². The standard InChI is InChI=1S/C21H34O3/c1-9-15(19(23)24-10-2)11-14-12-16(20(3,4)5)18(22)17(13-14)21(6,7)8/h12-13,15,22H,9-11H2,1-8H3. The number of phenols is 1. The van der Waals surface area contributed by atoms with E-state index in [0.717, 1.165) is 23.1 Å². The SMILES string of the molecule is CCOC(=O)C(CC)Cc1cc(C(C)(C)C)c(O)c(C(C)(C)C)c1. The number of rotatable bonds is 5. The lowest BCUT2D eigenvalue weighted by Crippen LogP contribution is -2.21. The van der Waals surface area contributed by atoms with Crippen molar-refractivity contribution in [3.05, 3.63) is 28.8 Å². The molecule has 0 bridgehead atoms. The van der Waals surface area contributed by atoms with E-state index in [1.807, 2.05) is 26.0 Å². The van der Waals surface area contributed by atoms with Crippen molar-refractivity contribution in [1.82, 2.24) is 0 Å². The Morgan fingerprint density at radius 1 is 1.04 bits per heavy atom. The summed E-state index contributed by atoms with van der Waals surface area (Å²) in [5.74, 6) is 0.0979. The number of carbonyl (C=O) groups excluding carboxylic acids is 1. The first-order valence-electron chi connectivity index (χ1n) is 8.95. The summed E-state index contributed by atoms with van der Waals surface area (Å²) in [6.45, 7) is 16.8. The van der Waals surface area contributed by atoms with Crippen LogP contribution in [0, 0.1) is 5.92 Å². The molecule has 0 aliphatic rings. The fourth-order valence-corrected chi connectivity index (χ4v) is 2.89. The van der Waals surface area contributed by atoms with E-state index in [1.54, 1.807) is 0 Å². The van der Waals surface area contributed by atoms with Crippen molar-refractivity contribution >= 4 is 5.97 Å². The molecule has 1 atom stereocenters. The third kappa shape index (κ3) is 4.99. The Bertz CT molecular complexity index is 539. The van der Waals surface area contributed by atoms with Gasteiger partial charge in [0, 0.05) is 0 Å². The van der Waals surface area contributed by atoms with Crippen molar-refractivity contribution in [2.45, 2.75) is 79.1 Å². The van der Waals surface area contributed by atoms with E-state index < -0.39 is 0 Å². The van der Waals surface area contributed by atoms with Gasteiger partial charge in [-0.15, -0.1) is 0 Å². The van der Waals surface area contributed by atoms with E-state index in [-0.39, 0.29) is 22.7 Å². The van der Waals surface area contributed by atoms with Crippen LogP contribution in [0.15, 0.2) is 12.1 Å².